The number of pyridine rings is 1. The van der Waals surface area contributed by atoms with Crippen LogP contribution in [0.3, 0.4) is 0 Å². The number of para-hydroxylation sites is 2. The van der Waals surface area contributed by atoms with E-state index in [2.05, 4.69) is 122 Å². The highest BCUT2D eigenvalue weighted by molar-refractivity contribution is 6.74. The van der Waals surface area contributed by atoms with Crippen LogP contribution < -0.4 is 14.2 Å². The Balaban J connectivity index is 1.80. The van der Waals surface area contributed by atoms with Crippen LogP contribution in [0.15, 0.2) is 72.9 Å². The van der Waals surface area contributed by atoms with Crippen molar-refractivity contribution in [1.82, 2.24) is 0 Å². The molecule has 1 aromatic heterocycles. The monoisotopic (exact) mass is 396 g/mol. The number of hydrogen-bond acceptors (Lipinski definition) is 2. The lowest BCUT2D eigenvalue weighted by Crippen LogP contribution is -2.74. The first-order valence-corrected chi connectivity index (χ1v) is 11.2. The van der Waals surface area contributed by atoms with Crippen LogP contribution in [0.1, 0.15) is 40.5 Å². The van der Waals surface area contributed by atoms with Crippen LogP contribution in [0.25, 0.3) is 11.1 Å². The van der Waals surface area contributed by atoms with Gasteiger partial charge >= 0.3 is 6.98 Å². The second-order valence-electron chi connectivity index (χ2n) is 9.25. The molecule has 30 heavy (non-hydrogen) atoms. The Morgan fingerprint density at radius 3 is 2.13 bits per heavy atom. The highest BCUT2D eigenvalue weighted by Crippen LogP contribution is 2.59. The third-order valence-electron chi connectivity index (χ3n) is 8.17. The van der Waals surface area contributed by atoms with Crippen molar-refractivity contribution < 1.29 is 4.57 Å². The number of aromatic nitrogens is 1. The fourth-order valence-corrected chi connectivity index (χ4v) is 5.94. The standard InChI is InChI=1S/C26H31BN3/c1-6-25(3)26(4,7-2)29-19-21(20-13-9-8-10-14-20)17-18-24(29)30-23-16-12-11-15-22(23)28(5)27(25)30/h8-19H,6-7H2,1-5H3/q+1. The van der Waals surface area contributed by atoms with Gasteiger partial charge in [-0.2, -0.15) is 0 Å². The van der Waals surface area contributed by atoms with Crippen molar-refractivity contribution >= 4 is 24.2 Å². The first kappa shape index (κ1) is 19.2. The van der Waals surface area contributed by atoms with Gasteiger partial charge in [-0.05, 0) is 50.6 Å². The van der Waals surface area contributed by atoms with Crippen molar-refractivity contribution in [3.63, 3.8) is 0 Å². The fraction of sp³-hybridized carbons (Fsp3) is 0.346. The quantitative estimate of drug-likeness (QED) is 0.396. The third kappa shape index (κ3) is 2.31. The molecule has 0 amide bonds. The molecule has 4 heteroatoms. The largest absolute Gasteiger partial charge is 0.512 e. The summed E-state index contributed by atoms with van der Waals surface area (Å²) in [7, 11) is 2.27. The van der Waals surface area contributed by atoms with Crippen molar-refractivity contribution in [1.29, 1.82) is 0 Å². The third-order valence-corrected chi connectivity index (χ3v) is 8.17. The molecule has 0 radical (unpaired) electrons. The lowest BCUT2D eigenvalue weighted by atomic mass is 9.39. The minimum Gasteiger partial charge on any atom is -0.373 e. The molecule has 3 heterocycles. The predicted octanol–water partition coefficient (Wildman–Crippen LogP) is 6.03. The van der Waals surface area contributed by atoms with Crippen LogP contribution in [0, 0.1) is 0 Å². The van der Waals surface area contributed by atoms with Gasteiger partial charge in [0.1, 0.15) is 11.2 Å². The second-order valence-corrected chi connectivity index (χ2v) is 9.25. The molecule has 3 aromatic rings. The van der Waals surface area contributed by atoms with Gasteiger partial charge in [-0.1, -0.05) is 63.2 Å². The van der Waals surface area contributed by atoms with E-state index in [-0.39, 0.29) is 10.9 Å². The van der Waals surface area contributed by atoms with Gasteiger partial charge in [-0.3, -0.25) is 4.81 Å². The van der Waals surface area contributed by atoms with Gasteiger partial charge in [0.05, 0.1) is 17.2 Å². The number of fused-ring (bicyclic) bond motifs is 5. The van der Waals surface area contributed by atoms with Crippen LogP contribution in [-0.4, -0.2) is 14.0 Å². The van der Waals surface area contributed by atoms with Crippen molar-refractivity contribution in [2.24, 2.45) is 0 Å². The van der Waals surface area contributed by atoms with Crippen LogP contribution in [0.2, 0.25) is 5.31 Å². The first-order chi connectivity index (χ1) is 14.5. The summed E-state index contributed by atoms with van der Waals surface area (Å²) < 4.78 is 2.57. The number of benzene rings is 2. The maximum atomic E-state index is 2.57. The summed E-state index contributed by atoms with van der Waals surface area (Å²) in [6.07, 6.45) is 4.58. The Bertz CT molecular complexity index is 1100. The molecule has 5 rings (SSSR count). The van der Waals surface area contributed by atoms with E-state index < -0.39 is 0 Å². The zero-order valence-corrected chi connectivity index (χ0v) is 18.8. The molecule has 0 saturated carbocycles. The fourth-order valence-electron chi connectivity index (χ4n) is 5.94. The Labute approximate surface area is 181 Å². The highest BCUT2D eigenvalue weighted by atomic mass is 15.4. The summed E-state index contributed by atoms with van der Waals surface area (Å²) in [5, 5.41) is 0.0719. The van der Waals surface area contributed by atoms with Crippen molar-refractivity contribution in [3.05, 3.63) is 72.9 Å². The van der Waals surface area contributed by atoms with Crippen molar-refractivity contribution in [3.8, 4) is 11.1 Å². The molecular formula is C26H31BN3+. The number of hydrogen-bond donors (Lipinski definition) is 0. The van der Waals surface area contributed by atoms with E-state index >= 15 is 0 Å². The minimum atomic E-state index is -0.000652. The van der Waals surface area contributed by atoms with Crippen LogP contribution in [0.4, 0.5) is 17.2 Å². The van der Waals surface area contributed by atoms with E-state index in [1.165, 1.54) is 28.3 Å². The van der Waals surface area contributed by atoms with E-state index in [1.54, 1.807) is 0 Å². The average molecular weight is 396 g/mol. The van der Waals surface area contributed by atoms with E-state index in [0.29, 0.717) is 6.98 Å². The molecule has 2 aromatic carbocycles. The van der Waals surface area contributed by atoms with Gasteiger partial charge in [0.15, 0.2) is 0 Å². The molecule has 3 nitrogen and oxygen atoms in total. The molecule has 0 saturated heterocycles. The van der Waals surface area contributed by atoms with E-state index in [1.807, 2.05) is 0 Å². The van der Waals surface area contributed by atoms with Crippen molar-refractivity contribution in [2.75, 3.05) is 16.7 Å². The maximum Gasteiger partial charge on any atom is 0.512 e. The van der Waals surface area contributed by atoms with Crippen LogP contribution >= 0.6 is 0 Å². The van der Waals surface area contributed by atoms with E-state index in [0.717, 1.165) is 12.8 Å². The number of nitrogens with zero attached hydrogens (tertiary/aromatic N) is 3. The van der Waals surface area contributed by atoms with Crippen LogP contribution in [-0.2, 0) is 5.54 Å². The molecule has 2 atom stereocenters. The van der Waals surface area contributed by atoms with Crippen LogP contribution in [0.5, 0.6) is 0 Å². The minimum absolute atomic E-state index is 0.000652. The number of rotatable bonds is 3. The molecule has 0 N–H and O–H groups in total. The van der Waals surface area contributed by atoms with Crippen molar-refractivity contribution in [2.45, 2.75) is 51.4 Å². The lowest BCUT2D eigenvalue weighted by Gasteiger charge is -2.51. The molecule has 0 spiro atoms. The molecular weight excluding hydrogens is 365 g/mol. The Hall–Kier alpha value is -2.75. The zero-order valence-electron chi connectivity index (χ0n) is 18.8. The van der Waals surface area contributed by atoms with E-state index in [9.17, 15) is 0 Å². The zero-order chi connectivity index (χ0) is 21.1. The summed E-state index contributed by atoms with van der Waals surface area (Å²) in [5.41, 5.74) is 5.17. The molecule has 2 unspecified atom stereocenters. The Kier molecular flexibility index (Phi) is 4.25. The average Bonchev–Trinajstić information content (AvgIpc) is 3.11. The summed E-state index contributed by atoms with van der Waals surface area (Å²) >= 11 is 0. The molecule has 2 aliphatic heterocycles. The summed E-state index contributed by atoms with van der Waals surface area (Å²) in [6.45, 7) is 9.95. The maximum absolute atomic E-state index is 2.57. The summed E-state index contributed by atoms with van der Waals surface area (Å²) in [5.74, 6) is 1.28. The van der Waals surface area contributed by atoms with Gasteiger partial charge in [0.25, 0.3) is 5.82 Å². The lowest BCUT2D eigenvalue weighted by molar-refractivity contribution is -0.758. The topological polar surface area (TPSA) is 10.4 Å². The van der Waals surface area contributed by atoms with Gasteiger partial charge in [-0.25, -0.2) is 4.57 Å². The predicted molar refractivity (Wildman–Crippen MR) is 127 cm³/mol. The normalized spacial score (nSPS) is 24.5. The molecule has 152 valence electrons. The van der Waals surface area contributed by atoms with Gasteiger partial charge in [-0.15, -0.1) is 0 Å². The summed E-state index contributed by atoms with van der Waals surface area (Å²) in [6, 6.07) is 24.2. The highest BCUT2D eigenvalue weighted by Gasteiger charge is 2.69. The molecule has 0 aliphatic carbocycles. The smallest absolute Gasteiger partial charge is 0.373 e. The Morgan fingerprint density at radius 1 is 0.800 bits per heavy atom. The summed E-state index contributed by atoms with van der Waals surface area (Å²) in [4.78, 5) is 5.08. The molecule has 0 fully saturated rings. The SMILES string of the molecule is CCC1(C)B2N(C)c3ccccc3N2c2ccc(-c3ccccc3)c[n+]2C1(C)CC. The molecule has 0 bridgehead atoms. The van der Waals surface area contributed by atoms with Gasteiger partial charge in [0.2, 0.25) is 0 Å². The Morgan fingerprint density at radius 2 is 1.47 bits per heavy atom. The number of anilines is 3. The second kappa shape index (κ2) is 6.63. The van der Waals surface area contributed by atoms with Gasteiger partial charge < -0.3 is 4.81 Å². The molecule has 2 aliphatic rings. The van der Waals surface area contributed by atoms with Gasteiger partial charge in [0, 0.05) is 11.6 Å². The van der Waals surface area contributed by atoms with E-state index in [4.69, 9.17) is 0 Å². The first-order valence-electron chi connectivity index (χ1n) is 11.2.